The van der Waals surface area contributed by atoms with E-state index < -0.39 is 0 Å². The van der Waals surface area contributed by atoms with Crippen LogP contribution in [0.5, 0.6) is 0 Å². The largest absolute Gasteiger partial charge is 0.375 e. The summed E-state index contributed by atoms with van der Waals surface area (Å²) >= 11 is 2.38. The van der Waals surface area contributed by atoms with Gasteiger partial charge in [-0.1, -0.05) is 61.6 Å². The van der Waals surface area contributed by atoms with Crippen LogP contribution >= 0.6 is 22.6 Å². The third-order valence-electron chi connectivity index (χ3n) is 2.31. The first-order valence-electron chi connectivity index (χ1n) is 5.82. The zero-order valence-corrected chi connectivity index (χ0v) is 12.1. The van der Waals surface area contributed by atoms with E-state index >= 15 is 0 Å². The maximum atomic E-state index is 5.78. The van der Waals surface area contributed by atoms with Crippen molar-refractivity contribution < 1.29 is 4.74 Å². The predicted molar refractivity (Wildman–Crippen MR) is 72.3 cm³/mol. The molecule has 0 fully saturated rings. The molecule has 0 aromatic rings. The fourth-order valence-corrected chi connectivity index (χ4v) is 1.49. The minimum Gasteiger partial charge on any atom is -0.375 e. The molecule has 1 nitrogen and oxygen atoms in total. The van der Waals surface area contributed by atoms with Gasteiger partial charge in [-0.15, -0.1) is 0 Å². The molecule has 0 bridgehead atoms. The molecule has 0 unspecified atom stereocenters. The number of alkyl halides is 1. The molecule has 0 heterocycles. The van der Waals surface area contributed by atoms with E-state index in [1.165, 1.54) is 38.5 Å². The quantitative estimate of drug-likeness (QED) is 0.344. The van der Waals surface area contributed by atoms with Gasteiger partial charge in [0.05, 0.1) is 5.60 Å². The van der Waals surface area contributed by atoms with Crippen LogP contribution < -0.4 is 0 Å². The molecule has 0 saturated heterocycles. The lowest BCUT2D eigenvalue weighted by Crippen LogP contribution is -2.26. The average molecular weight is 312 g/mol. The van der Waals surface area contributed by atoms with Crippen LogP contribution in [0.1, 0.15) is 59.3 Å². The van der Waals surface area contributed by atoms with E-state index in [1.807, 2.05) is 0 Å². The fourth-order valence-electron chi connectivity index (χ4n) is 1.27. The van der Waals surface area contributed by atoms with Crippen molar-refractivity contribution in [3.8, 4) is 0 Å². The molecule has 0 rings (SSSR count). The summed E-state index contributed by atoms with van der Waals surface area (Å²) in [6.45, 7) is 7.52. The Labute approximate surface area is 103 Å². The number of halogens is 1. The summed E-state index contributed by atoms with van der Waals surface area (Å²) in [6, 6.07) is 0. The van der Waals surface area contributed by atoms with E-state index in [0.29, 0.717) is 0 Å². The third-order valence-corrected chi connectivity index (χ3v) is 4.15. The molecular weight excluding hydrogens is 287 g/mol. The minimum atomic E-state index is 0.0734. The molecular formula is C12H25IO. The molecule has 0 aromatic heterocycles. The van der Waals surface area contributed by atoms with E-state index in [0.717, 1.165) is 11.0 Å². The van der Waals surface area contributed by atoms with Crippen LogP contribution in [0.25, 0.3) is 0 Å². The molecule has 0 spiro atoms. The number of hydrogen-bond acceptors (Lipinski definition) is 1. The second-order valence-corrected chi connectivity index (χ2v) is 5.27. The van der Waals surface area contributed by atoms with Crippen LogP contribution in [-0.2, 0) is 4.74 Å². The topological polar surface area (TPSA) is 9.23 Å². The summed E-state index contributed by atoms with van der Waals surface area (Å²) < 4.78 is 6.85. The van der Waals surface area contributed by atoms with Gasteiger partial charge in [-0.25, -0.2) is 0 Å². The van der Waals surface area contributed by atoms with Crippen LogP contribution in [-0.4, -0.2) is 16.6 Å². The maximum Gasteiger partial charge on any atom is 0.0715 e. The van der Waals surface area contributed by atoms with Gasteiger partial charge >= 0.3 is 0 Å². The Morgan fingerprint density at radius 1 is 1.00 bits per heavy atom. The summed E-state index contributed by atoms with van der Waals surface area (Å²) in [4.78, 5) is 0. The number of ether oxygens (including phenoxy) is 1. The van der Waals surface area contributed by atoms with E-state index in [-0.39, 0.29) is 5.60 Å². The lowest BCUT2D eigenvalue weighted by molar-refractivity contribution is 0.00113. The molecule has 0 atom stereocenters. The molecule has 0 aliphatic rings. The number of hydrogen-bond donors (Lipinski definition) is 0. The van der Waals surface area contributed by atoms with Crippen LogP contribution in [0.3, 0.4) is 0 Å². The summed E-state index contributed by atoms with van der Waals surface area (Å²) in [5.74, 6) is 0. The number of unbranched alkanes of at least 4 members (excludes halogenated alkanes) is 5. The second kappa shape index (κ2) is 8.96. The Kier molecular flexibility index (Phi) is 9.40. The third kappa shape index (κ3) is 9.25. The van der Waals surface area contributed by atoms with Crippen molar-refractivity contribution in [2.24, 2.45) is 0 Å². The van der Waals surface area contributed by atoms with Crippen molar-refractivity contribution in [1.29, 1.82) is 0 Å². The Morgan fingerprint density at radius 3 is 2.14 bits per heavy atom. The highest BCUT2D eigenvalue weighted by molar-refractivity contribution is 14.1. The highest BCUT2D eigenvalue weighted by Crippen LogP contribution is 2.14. The van der Waals surface area contributed by atoms with Crippen molar-refractivity contribution in [1.82, 2.24) is 0 Å². The van der Waals surface area contributed by atoms with E-state index in [9.17, 15) is 0 Å². The van der Waals surface area contributed by atoms with Crippen LogP contribution in [0.15, 0.2) is 0 Å². The van der Waals surface area contributed by atoms with Gasteiger partial charge in [-0.2, -0.15) is 0 Å². The lowest BCUT2D eigenvalue weighted by Gasteiger charge is -2.22. The SMILES string of the molecule is CCCCCCCCOC(C)(C)CI. The van der Waals surface area contributed by atoms with Gasteiger partial charge in [0.2, 0.25) is 0 Å². The molecule has 0 amide bonds. The van der Waals surface area contributed by atoms with Crippen molar-refractivity contribution in [2.75, 3.05) is 11.0 Å². The first-order chi connectivity index (χ1) is 6.62. The van der Waals surface area contributed by atoms with Gasteiger partial charge in [-0.05, 0) is 20.3 Å². The molecule has 2 heteroatoms. The minimum absolute atomic E-state index is 0.0734. The standard InChI is InChI=1S/C12H25IO/c1-4-5-6-7-8-9-10-14-12(2,3)11-13/h4-11H2,1-3H3. The summed E-state index contributed by atoms with van der Waals surface area (Å²) in [7, 11) is 0. The highest BCUT2D eigenvalue weighted by Gasteiger charge is 2.15. The van der Waals surface area contributed by atoms with Gasteiger partial charge in [0, 0.05) is 11.0 Å². The highest BCUT2D eigenvalue weighted by atomic mass is 127. The van der Waals surface area contributed by atoms with Crippen LogP contribution in [0, 0.1) is 0 Å². The zero-order chi connectivity index (χ0) is 10.9. The van der Waals surface area contributed by atoms with Crippen molar-refractivity contribution >= 4 is 22.6 Å². The summed E-state index contributed by atoms with van der Waals surface area (Å²) in [5.41, 5.74) is 0.0734. The monoisotopic (exact) mass is 312 g/mol. The molecule has 86 valence electrons. The zero-order valence-electron chi connectivity index (χ0n) is 9.94. The summed E-state index contributed by atoms with van der Waals surface area (Å²) in [5, 5.41) is 0. The molecule has 14 heavy (non-hydrogen) atoms. The van der Waals surface area contributed by atoms with Crippen molar-refractivity contribution in [3.05, 3.63) is 0 Å². The van der Waals surface area contributed by atoms with Gasteiger partial charge in [0.1, 0.15) is 0 Å². The Morgan fingerprint density at radius 2 is 1.57 bits per heavy atom. The van der Waals surface area contributed by atoms with E-state index in [1.54, 1.807) is 0 Å². The van der Waals surface area contributed by atoms with Gasteiger partial charge in [0.25, 0.3) is 0 Å². The van der Waals surface area contributed by atoms with Crippen molar-refractivity contribution in [3.63, 3.8) is 0 Å². The smallest absolute Gasteiger partial charge is 0.0715 e. The first-order valence-corrected chi connectivity index (χ1v) is 7.35. The molecule has 0 saturated carbocycles. The predicted octanol–water partition coefficient (Wildman–Crippen LogP) is 4.58. The Hall–Kier alpha value is 0.690. The normalized spacial score (nSPS) is 12.0. The molecule has 0 radical (unpaired) electrons. The molecule has 0 N–H and O–H groups in total. The lowest BCUT2D eigenvalue weighted by atomic mass is 10.1. The molecule has 0 aliphatic heterocycles. The van der Waals surface area contributed by atoms with Crippen molar-refractivity contribution in [2.45, 2.75) is 64.9 Å². The number of rotatable bonds is 9. The Bertz CT molecular complexity index is 123. The first kappa shape index (κ1) is 14.7. The van der Waals surface area contributed by atoms with Crippen LogP contribution in [0.2, 0.25) is 0 Å². The molecule has 0 aromatic carbocycles. The van der Waals surface area contributed by atoms with E-state index in [2.05, 4.69) is 43.4 Å². The molecule has 0 aliphatic carbocycles. The van der Waals surface area contributed by atoms with Gasteiger partial charge < -0.3 is 4.74 Å². The summed E-state index contributed by atoms with van der Waals surface area (Å²) in [6.07, 6.45) is 8.05. The van der Waals surface area contributed by atoms with Crippen LogP contribution in [0.4, 0.5) is 0 Å². The van der Waals surface area contributed by atoms with E-state index in [4.69, 9.17) is 4.74 Å². The second-order valence-electron chi connectivity index (χ2n) is 4.51. The van der Waals surface area contributed by atoms with Gasteiger partial charge in [-0.3, -0.25) is 0 Å². The average Bonchev–Trinajstić information content (AvgIpc) is 2.16. The maximum absolute atomic E-state index is 5.78. The Balaban J connectivity index is 3.13. The van der Waals surface area contributed by atoms with Gasteiger partial charge in [0.15, 0.2) is 0 Å². The fraction of sp³-hybridized carbons (Fsp3) is 1.00.